The van der Waals surface area contributed by atoms with E-state index in [2.05, 4.69) is 6.08 Å². The van der Waals surface area contributed by atoms with Crippen LogP contribution in [0.4, 0.5) is 0 Å². The summed E-state index contributed by atoms with van der Waals surface area (Å²) in [6.07, 6.45) is 13.2. The molecule has 0 saturated carbocycles. The van der Waals surface area contributed by atoms with Crippen molar-refractivity contribution in [3.8, 4) is 0 Å². The summed E-state index contributed by atoms with van der Waals surface area (Å²) in [6.45, 7) is 6.67. The number of cyclic esters (lactones) is 1. The predicted octanol–water partition coefficient (Wildman–Crippen LogP) is 3.92. The number of hydrogen-bond acceptors (Lipinski definition) is 7. The number of hydrogen-bond donors (Lipinski definition) is 2. The molecule has 7 nitrogen and oxygen atoms in total. The second-order valence-corrected chi connectivity index (χ2v) is 9.45. The third-order valence-corrected chi connectivity index (χ3v) is 6.04. The van der Waals surface area contributed by atoms with Gasteiger partial charge in [-0.25, -0.2) is 0 Å². The molecule has 0 aliphatic carbocycles. The van der Waals surface area contributed by atoms with Crippen LogP contribution in [0.1, 0.15) is 79.1 Å². The molecular formula is C26H40O7. The molecular weight excluding hydrogens is 424 g/mol. The Labute approximate surface area is 197 Å². The number of epoxide rings is 1. The number of ether oxygens (including phenoxy) is 3. The van der Waals surface area contributed by atoms with Crippen molar-refractivity contribution in [3.05, 3.63) is 36.0 Å². The van der Waals surface area contributed by atoms with Gasteiger partial charge in [0.2, 0.25) is 0 Å². The van der Waals surface area contributed by atoms with Crippen molar-refractivity contribution < 1.29 is 34.0 Å². The van der Waals surface area contributed by atoms with E-state index in [1.54, 1.807) is 26.0 Å². The molecule has 0 unspecified atom stereocenters. The van der Waals surface area contributed by atoms with Crippen molar-refractivity contribution in [2.45, 2.75) is 115 Å². The molecule has 2 aliphatic heterocycles. The first-order valence-corrected chi connectivity index (χ1v) is 12.0. The van der Waals surface area contributed by atoms with Crippen LogP contribution in [0.3, 0.4) is 0 Å². The quantitative estimate of drug-likeness (QED) is 0.243. The summed E-state index contributed by atoms with van der Waals surface area (Å²) in [4.78, 5) is 23.8. The molecule has 1 fully saturated rings. The number of aliphatic hydroxyl groups excluding tert-OH is 1. The topological polar surface area (TPSA) is 106 Å². The minimum absolute atomic E-state index is 0.176. The van der Waals surface area contributed by atoms with Crippen LogP contribution in [0.2, 0.25) is 0 Å². The normalized spacial score (nSPS) is 33.5. The molecule has 2 heterocycles. The van der Waals surface area contributed by atoms with Gasteiger partial charge in [-0.3, -0.25) is 9.59 Å². The number of rotatable bonds is 8. The monoisotopic (exact) mass is 464 g/mol. The molecule has 0 amide bonds. The van der Waals surface area contributed by atoms with Crippen molar-refractivity contribution in [3.63, 3.8) is 0 Å². The fourth-order valence-electron chi connectivity index (χ4n) is 3.98. The number of allylic oxidation sites excluding steroid dienone is 3. The third kappa shape index (κ3) is 10.2. The molecule has 0 aromatic rings. The lowest BCUT2D eigenvalue weighted by molar-refractivity contribution is -0.156. The van der Waals surface area contributed by atoms with Crippen LogP contribution in [0.15, 0.2) is 36.0 Å². The maximum absolute atomic E-state index is 12.3. The lowest BCUT2D eigenvalue weighted by atomic mass is 9.91. The highest BCUT2D eigenvalue weighted by atomic mass is 16.6. The van der Waals surface area contributed by atoms with Crippen LogP contribution in [0.5, 0.6) is 0 Å². The van der Waals surface area contributed by atoms with E-state index in [0.29, 0.717) is 32.1 Å². The number of carbonyl (C=O) groups excluding carboxylic acids is 2. The van der Waals surface area contributed by atoms with Gasteiger partial charge in [0, 0.05) is 26.2 Å². The Morgan fingerprint density at radius 1 is 1.33 bits per heavy atom. The summed E-state index contributed by atoms with van der Waals surface area (Å²) in [5, 5.41) is 20.2. The van der Waals surface area contributed by atoms with E-state index in [1.165, 1.54) is 6.92 Å². The number of aliphatic hydroxyl groups is 2. The van der Waals surface area contributed by atoms with Crippen molar-refractivity contribution in [1.29, 1.82) is 0 Å². The van der Waals surface area contributed by atoms with Crippen LogP contribution in [-0.4, -0.2) is 58.3 Å². The molecule has 2 rings (SSSR count). The van der Waals surface area contributed by atoms with Crippen LogP contribution in [0, 0.1) is 0 Å². The van der Waals surface area contributed by atoms with E-state index in [-0.39, 0.29) is 30.7 Å². The van der Waals surface area contributed by atoms with Crippen molar-refractivity contribution in [2.75, 3.05) is 0 Å². The first-order valence-electron chi connectivity index (χ1n) is 12.0. The Hall–Kier alpha value is -1.96. The number of carbonyl (C=O) groups is 2. The van der Waals surface area contributed by atoms with Gasteiger partial charge in [-0.1, -0.05) is 24.3 Å². The van der Waals surface area contributed by atoms with Crippen molar-refractivity contribution >= 4 is 11.9 Å². The van der Waals surface area contributed by atoms with Gasteiger partial charge in [-0.15, -0.1) is 0 Å². The highest BCUT2D eigenvalue weighted by Gasteiger charge is 2.38. The fourth-order valence-corrected chi connectivity index (χ4v) is 3.98. The van der Waals surface area contributed by atoms with E-state index in [0.717, 1.165) is 18.4 Å². The first-order chi connectivity index (χ1) is 15.6. The highest BCUT2D eigenvalue weighted by molar-refractivity contribution is 5.69. The lowest BCUT2D eigenvalue weighted by Crippen LogP contribution is -2.41. The Bertz CT molecular complexity index is 735. The molecule has 2 N–H and O–H groups in total. The summed E-state index contributed by atoms with van der Waals surface area (Å²) >= 11 is 0. The van der Waals surface area contributed by atoms with Gasteiger partial charge >= 0.3 is 11.9 Å². The van der Waals surface area contributed by atoms with Gasteiger partial charge in [0.05, 0.1) is 18.3 Å². The standard InChI is InChI=1S/C26H40O7/c1-18(11-6-5-7-12-22-23(32-22)17-19(2)27)21-13-10-14-24(31-20(3)28)26(4,30)16-9-8-15-25(29)33-21/h5-6,10-11,14,19,21-24,27,30H,7-9,12-13,15-17H2,1-4H3/b6-5+,14-10+,18-11+/t19-,21-,22+,23+,24-,26+/m0/s1. The summed E-state index contributed by atoms with van der Waals surface area (Å²) in [5.41, 5.74) is -0.291. The molecule has 186 valence electrons. The van der Waals surface area contributed by atoms with E-state index in [4.69, 9.17) is 14.2 Å². The van der Waals surface area contributed by atoms with Gasteiger partial charge in [-0.2, -0.15) is 0 Å². The second-order valence-electron chi connectivity index (χ2n) is 9.45. The minimum Gasteiger partial charge on any atom is -0.457 e. The Kier molecular flexibility index (Phi) is 10.8. The number of esters is 2. The Morgan fingerprint density at radius 2 is 2.09 bits per heavy atom. The zero-order valence-electron chi connectivity index (χ0n) is 20.4. The maximum atomic E-state index is 12.3. The van der Waals surface area contributed by atoms with Gasteiger partial charge < -0.3 is 24.4 Å². The molecule has 7 heteroatoms. The Morgan fingerprint density at radius 3 is 2.79 bits per heavy atom. The van der Waals surface area contributed by atoms with Crippen molar-refractivity contribution in [1.82, 2.24) is 0 Å². The van der Waals surface area contributed by atoms with Crippen molar-refractivity contribution in [2.24, 2.45) is 0 Å². The minimum atomic E-state index is -1.20. The lowest BCUT2D eigenvalue weighted by Gasteiger charge is -2.31. The zero-order valence-corrected chi connectivity index (χ0v) is 20.4. The average Bonchev–Trinajstić information content (AvgIpc) is 3.44. The molecule has 0 radical (unpaired) electrons. The molecule has 0 aromatic carbocycles. The SMILES string of the molecule is CC(=O)O[C@H]1/C=C/C[C@@H](/C(C)=C/C=C/CC[C@H]2O[C@@H]2C[C@H](C)O)OC(=O)CCCC[C@@]1(C)O. The first kappa shape index (κ1) is 27.3. The van der Waals surface area contributed by atoms with Gasteiger partial charge in [0.15, 0.2) is 0 Å². The average molecular weight is 465 g/mol. The predicted molar refractivity (Wildman–Crippen MR) is 125 cm³/mol. The second kappa shape index (κ2) is 13.1. The third-order valence-electron chi connectivity index (χ3n) is 6.04. The maximum Gasteiger partial charge on any atom is 0.306 e. The van der Waals surface area contributed by atoms with Crippen LogP contribution >= 0.6 is 0 Å². The fraction of sp³-hybridized carbons (Fsp3) is 0.692. The Balaban J connectivity index is 1.97. The summed E-state index contributed by atoms with van der Waals surface area (Å²) in [6, 6.07) is 0. The molecule has 2 aliphatic rings. The van der Waals surface area contributed by atoms with Crippen LogP contribution in [0.25, 0.3) is 0 Å². The molecule has 33 heavy (non-hydrogen) atoms. The van der Waals surface area contributed by atoms with Crippen LogP contribution in [-0.2, 0) is 23.8 Å². The molecule has 6 atom stereocenters. The summed E-state index contributed by atoms with van der Waals surface area (Å²) < 4.78 is 16.6. The summed E-state index contributed by atoms with van der Waals surface area (Å²) in [7, 11) is 0. The summed E-state index contributed by atoms with van der Waals surface area (Å²) in [5.74, 6) is -0.702. The van der Waals surface area contributed by atoms with Gasteiger partial charge in [-0.05, 0) is 64.5 Å². The molecule has 0 bridgehead atoms. The molecule has 0 aromatic heterocycles. The molecule has 1 saturated heterocycles. The van der Waals surface area contributed by atoms with Gasteiger partial charge in [0.1, 0.15) is 17.8 Å². The van der Waals surface area contributed by atoms with Crippen LogP contribution < -0.4 is 0 Å². The van der Waals surface area contributed by atoms with Gasteiger partial charge in [0.25, 0.3) is 0 Å². The van der Waals surface area contributed by atoms with E-state index >= 15 is 0 Å². The highest BCUT2D eigenvalue weighted by Crippen LogP contribution is 2.30. The molecule has 0 spiro atoms. The smallest absolute Gasteiger partial charge is 0.306 e. The van der Waals surface area contributed by atoms with E-state index < -0.39 is 23.8 Å². The van der Waals surface area contributed by atoms with E-state index in [9.17, 15) is 19.8 Å². The largest absolute Gasteiger partial charge is 0.457 e. The zero-order chi connectivity index (χ0) is 24.4. The van der Waals surface area contributed by atoms with E-state index in [1.807, 2.05) is 19.1 Å².